The molecule has 8 aromatic rings. The lowest BCUT2D eigenvalue weighted by atomic mass is 10.1. The van der Waals surface area contributed by atoms with Crippen molar-refractivity contribution in [2.75, 3.05) is 31.6 Å². The van der Waals surface area contributed by atoms with Crippen LogP contribution in [0.3, 0.4) is 0 Å². The van der Waals surface area contributed by atoms with Gasteiger partial charge in [0.2, 0.25) is 0 Å². The van der Waals surface area contributed by atoms with Crippen molar-refractivity contribution in [3.8, 4) is 0 Å². The van der Waals surface area contributed by atoms with E-state index < -0.39 is 0 Å². The normalized spacial score (nSPS) is 11.4. The van der Waals surface area contributed by atoms with Crippen LogP contribution in [0, 0.1) is 0 Å². The molecule has 0 unspecified atom stereocenters. The molecule has 0 aliphatic carbocycles. The third-order valence-corrected chi connectivity index (χ3v) is 7.99. The summed E-state index contributed by atoms with van der Waals surface area (Å²) in [7, 11) is 0. The van der Waals surface area contributed by atoms with Crippen LogP contribution in [0.4, 0.5) is 5.82 Å². The van der Waals surface area contributed by atoms with E-state index in [2.05, 4.69) is 55.9 Å². The van der Waals surface area contributed by atoms with Crippen LogP contribution in [0.5, 0.6) is 0 Å². The van der Waals surface area contributed by atoms with Crippen LogP contribution in [-0.4, -0.2) is 51.3 Å². The van der Waals surface area contributed by atoms with E-state index in [1.165, 1.54) is 0 Å². The highest BCUT2D eigenvalue weighted by Crippen LogP contribution is 2.33. The topological polar surface area (TPSA) is 95.9 Å². The van der Waals surface area contributed by atoms with Crippen molar-refractivity contribution in [1.29, 1.82) is 0 Å². The van der Waals surface area contributed by atoms with Gasteiger partial charge in [0.15, 0.2) is 0 Å². The van der Waals surface area contributed by atoms with Crippen molar-refractivity contribution in [3.63, 3.8) is 0 Å². The summed E-state index contributed by atoms with van der Waals surface area (Å²) in [6.07, 6.45) is 3.80. The van der Waals surface area contributed by atoms with Crippen LogP contribution in [0.15, 0.2) is 109 Å². The number of rotatable bonds is 6. The molecule has 216 valence electrons. The maximum Gasteiger partial charge on any atom is 0.137 e. The van der Waals surface area contributed by atoms with Gasteiger partial charge in [0, 0.05) is 75.1 Å². The first-order valence-corrected chi connectivity index (χ1v) is 14.9. The maximum atomic E-state index is 8.84. The first-order chi connectivity index (χ1) is 21.7. The number of hydrogen-bond donors (Lipinski definition) is 3. The smallest absolute Gasteiger partial charge is 0.137 e. The Kier molecular flexibility index (Phi) is 7.81. The van der Waals surface area contributed by atoms with Crippen molar-refractivity contribution in [2.24, 2.45) is 0 Å². The molecule has 0 radical (unpaired) electrons. The SMILES string of the molecule is Clc1nc2c3ccccc3cnc2c2ccccc12.OCCNCCNc1nc2c3ccccc3cnc2c2ccccc12. The Hall–Kier alpha value is -4.95. The fourth-order valence-electron chi connectivity index (χ4n) is 5.62. The van der Waals surface area contributed by atoms with Crippen LogP contribution in [0.25, 0.3) is 65.2 Å². The standard InChI is InChI=1S/C20H20N4O.C16H9ClN2/c25-12-11-21-9-10-22-20-17-8-4-3-7-16(17)18-19(24-20)15-6-2-1-5-14(15)13-23-18;17-16-13-8-4-3-7-12(13)14-15(19-16)11-6-2-1-5-10(11)9-18-14/h1-8,13,21,25H,9-12H2,(H,22,24);1-9H. The van der Waals surface area contributed by atoms with Gasteiger partial charge in [0.05, 0.1) is 28.7 Å². The first-order valence-electron chi connectivity index (χ1n) is 14.6. The van der Waals surface area contributed by atoms with Gasteiger partial charge in [-0.1, -0.05) is 109 Å². The van der Waals surface area contributed by atoms with Gasteiger partial charge in [-0.25, -0.2) is 9.97 Å². The zero-order valence-corrected chi connectivity index (χ0v) is 24.6. The molecule has 4 aromatic heterocycles. The molecule has 4 aromatic carbocycles. The monoisotopic (exact) mass is 596 g/mol. The molecule has 0 saturated carbocycles. The predicted octanol–water partition coefficient (Wildman–Crippen LogP) is 7.52. The number of fused-ring (bicyclic) bond motifs is 10. The molecule has 8 heteroatoms. The number of benzene rings is 4. The van der Waals surface area contributed by atoms with Gasteiger partial charge in [0.1, 0.15) is 11.0 Å². The number of aliphatic hydroxyl groups excluding tert-OH is 1. The molecule has 0 aliphatic heterocycles. The molecule has 3 N–H and O–H groups in total. The Morgan fingerprint density at radius 1 is 0.523 bits per heavy atom. The highest BCUT2D eigenvalue weighted by atomic mass is 35.5. The van der Waals surface area contributed by atoms with E-state index in [1.807, 2.05) is 79.1 Å². The van der Waals surface area contributed by atoms with E-state index in [1.54, 1.807) is 0 Å². The van der Waals surface area contributed by atoms with Gasteiger partial charge in [-0.2, -0.15) is 0 Å². The molecular formula is C36H29ClN6O. The lowest BCUT2D eigenvalue weighted by Gasteiger charge is -2.12. The summed E-state index contributed by atoms with van der Waals surface area (Å²) in [4.78, 5) is 18.7. The molecule has 0 fully saturated rings. The molecule has 0 amide bonds. The fourth-order valence-corrected chi connectivity index (χ4v) is 5.87. The number of aromatic nitrogens is 4. The number of anilines is 1. The second-order valence-electron chi connectivity index (χ2n) is 10.4. The first kappa shape index (κ1) is 27.9. The summed E-state index contributed by atoms with van der Waals surface area (Å²) in [5.41, 5.74) is 3.61. The van der Waals surface area contributed by atoms with Gasteiger partial charge in [0.25, 0.3) is 0 Å². The summed E-state index contributed by atoms with van der Waals surface area (Å²) in [5.74, 6) is 0.868. The fraction of sp³-hybridized carbons (Fsp3) is 0.111. The number of hydrogen-bond acceptors (Lipinski definition) is 7. The van der Waals surface area contributed by atoms with E-state index in [4.69, 9.17) is 21.7 Å². The largest absolute Gasteiger partial charge is 0.395 e. The van der Waals surface area contributed by atoms with Crippen molar-refractivity contribution >= 4 is 82.6 Å². The van der Waals surface area contributed by atoms with Gasteiger partial charge < -0.3 is 15.7 Å². The van der Waals surface area contributed by atoms with Crippen LogP contribution in [-0.2, 0) is 0 Å². The number of nitrogens with one attached hydrogen (secondary N) is 2. The minimum absolute atomic E-state index is 0.148. The second kappa shape index (κ2) is 12.3. The van der Waals surface area contributed by atoms with Gasteiger partial charge in [-0.05, 0) is 0 Å². The Morgan fingerprint density at radius 2 is 1.02 bits per heavy atom. The Balaban J connectivity index is 0.000000147. The van der Waals surface area contributed by atoms with Gasteiger partial charge in [-0.15, -0.1) is 0 Å². The molecule has 0 atom stereocenters. The van der Waals surface area contributed by atoms with E-state index in [0.29, 0.717) is 11.7 Å². The second-order valence-corrected chi connectivity index (χ2v) is 10.8. The Labute approximate surface area is 258 Å². The highest BCUT2D eigenvalue weighted by Gasteiger charge is 2.12. The number of halogens is 1. The summed E-state index contributed by atoms with van der Waals surface area (Å²) >= 11 is 6.30. The van der Waals surface area contributed by atoms with Crippen molar-refractivity contribution in [1.82, 2.24) is 25.3 Å². The van der Waals surface area contributed by atoms with E-state index in [-0.39, 0.29) is 6.61 Å². The van der Waals surface area contributed by atoms with Crippen LogP contribution >= 0.6 is 11.6 Å². The molecule has 44 heavy (non-hydrogen) atoms. The Bertz CT molecular complexity index is 2290. The molecule has 7 nitrogen and oxygen atoms in total. The van der Waals surface area contributed by atoms with Crippen molar-refractivity contribution in [3.05, 3.63) is 115 Å². The molecule has 4 heterocycles. The lowest BCUT2D eigenvalue weighted by Crippen LogP contribution is -2.25. The van der Waals surface area contributed by atoms with E-state index in [9.17, 15) is 0 Å². The molecule has 0 spiro atoms. The predicted molar refractivity (Wildman–Crippen MR) is 183 cm³/mol. The average Bonchev–Trinajstić information content (AvgIpc) is 3.08. The summed E-state index contributed by atoms with van der Waals surface area (Å²) in [5, 5.41) is 24.5. The van der Waals surface area contributed by atoms with Crippen molar-refractivity contribution < 1.29 is 5.11 Å². The lowest BCUT2D eigenvalue weighted by molar-refractivity contribution is 0.293. The average molecular weight is 597 g/mol. The zero-order valence-electron chi connectivity index (χ0n) is 23.8. The van der Waals surface area contributed by atoms with Gasteiger partial charge in [-0.3, -0.25) is 9.97 Å². The molecule has 8 rings (SSSR count). The third-order valence-electron chi connectivity index (χ3n) is 7.70. The number of pyridine rings is 4. The molecule has 0 aliphatic rings. The zero-order chi connectivity index (χ0) is 29.9. The van der Waals surface area contributed by atoms with Crippen molar-refractivity contribution in [2.45, 2.75) is 0 Å². The molecule has 0 bridgehead atoms. The van der Waals surface area contributed by atoms with Gasteiger partial charge >= 0.3 is 0 Å². The summed E-state index contributed by atoms with van der Waals surface area (Å²) in [6.45, 7) is 2.25. The summed E-state index contributed by atoms with van der Waals surface area (Å²) < 4.78 is 0. The maximum absolute atomic E-state index is 8.84. The minimum Gasteiger partial charge on any atom is -0.395 e. The summed E-state index contributed by atoms with van der Waals surface area (Å²) in [6, 6.07) is 32.5. The molecule has 0 saturated heterocycles. The van der Waals surface area contributed by atoms with Crippen LogP contribution < -0.4 is 10.6 Å². The molecular weight excluding hydrogens is 568 g/mol. The quantitative estimate of drug-likeness (QED) is 0.104. The van der Waals surface area contributed by atoms with E-state index in [0.717, 1.165) is 84.1 Å². The number of nitrogens with zero attached hydrogens (tertiary/aromatic N) is 4. The number of aliphatic hydroxyl groups is 1. The Morgan fingerprint density at radius 3 is 1.64 bits per heavy atom. The minimum atomic E-state index is 0.148. The van der Waals surface area contributed by atoms with Crippen LogP contribution in [0.2, 0.25) is 5.15 Å². The van der Waals surface area contributed by atoms with E-state index >= 15 is 0 Å². The van der Waals surface area contributed by atoms with Crippen LogP contribution in [0.1, 0.15) is 0 Å². The third kappa shape index (κ3) is 5.22. The highest BCUT2D eigenvalue weighted by molar-refractivity contribution is 6.36.